The number of carbonyl (C=O) groups is 2. The molecule has 2 aliphatic rings. The Bertz CT molecular complexity index is 929. The summed E-state index contributed by atoms with van der Waals surface area (Å²) in [5.74, 6) is 0.00615. The average molecular weight is 363 g/mol. The van der Waals surface area contributed by atoms with E-state index in [2.05, 4.69) is 11.1 Å². The number of aryl methyl sites for hydroxylation is 1. The molecule has 1 saturated carbocycles. The molecular formula is C20H17N3O2S. The Kier molecular flexibility index (Phi) is 4.25. The van der Waals surface area contributed by atoms with E-state index in [1.54, 1.807) is 18.2 Å². The molecule has 4 rings (SSSR count). The minimum Gasteiger partial charge on any atom is -0.274 e. The number of imide groups is 1. The molecule has 0 bridgehead atoms. The van der Waals surface area contributed by atoms with Gasteiger partial charge in [0.05, 0.1) is 16.5 Å². The maximum absolute atomic E-state index is 12.8. The van der Waals surface area contributed by atoms with Gasteiger partial charge in [-0.25, -0.2) is 9.88 Å². The van der Waals surface area contributed by atoms with Crippen LogP contribution < -0.4 is 4.90 Å². The molecule has 1 aromatic carbocycles. The number of nitrogens with zero attached hydrogens (tertiary/aromatic N) is 3. The van der Waals surface area contributed by atoms with Crippen molar-refractivity contribution < 1.29 is 9.59 Å². The van der Waals surface area contributed by atoms with Crippen LogP contribution in [0.1, 0.15) is 42.0 Å². The summed E-state index contributed by atoms with van der Waals surface area (Å²) in [5, 5.41) is 9.35. The van der Waals surface area contributed by atoms with Gasteiger partial charge in [0.15, 0.2) is 0 Å². The van der Waals surface area contributed by atoms with Crippen molar-refractivity contribution in [3.63, 3.8) is 0 Å². The van der Waals surface area contributed by atoms with Crippen LogP contribution in [0.25, 0.3) is 0 Å². The number of benzene rings is 1. The van der Waals surface area contributed by atoms with E-state index in [1.807, 2.05) is 25.1 Å². The normalized spacial score (nSPS) is 19.7. The molecule has 2 amide bonds. The molecule has 1 atom stereocenters. The lowest BCUT2D eigenvalue weighted by molar-refractivity contribution is -0.121. The summed E-state index contributed by atoms with van der Waals surface area (Å²) in [4.78, 5) is 31.1. The summed E-state index contributed by atoms with van der Waals surface area (Å²) in [6.45, 7) is 1.96. The van der Waals surface area contributed by atoms with Gasteiger partial charge in [-0.3, -0.25) is 9.59 Å². The van der Waals surface area contributed by atoms with Crippen LogP contribution in [0.15, 0.2) is 41.4 Å². The zero-order chi connectivity index (χ0) is 18.3. The van der Waals surface area contributed by atoms with Gasteiger partial charge >= 0.3 is 0 Å². The van der Waals surface area contributed by atoms with Crippen molar-refractivity contribution >= 4 is 29.3 Å². The number of aromatic nitrogens is 1. The molecule has 0 spiro atoms. The van der Waals surface area contributed by atoms with Crippen LogP contribution in [0.2, 0.25) is 0 Å². The first-order valence-corrected chi connectivity index (χ1v) is 9.46. The first-order valence-electron chi connectivity index (χ1n) is 8.58. The maximum atomic E-state index is 12.8. The highest BCUT2D eigenvalue weighted by Gasteiger charge is 2.41. The summed E-state index contributed by atoms with van der Waals surface area (Å²) in [6, 6.07) is 13.1. The number of nitriles is 1. The Hall–Kier alpha value is -2.65. The molecule has 26 heavy (non-hydrogen) atoms. The van der Waals surface area contributed by atoms with E-state index < -0.39 is 5.25 Å². The van der Waals surface area contributed by atoms with Gasteiger partial charge in [-0.1, -0.05) is 29.5 Å². The second-order valence-electron chi connectivity index (χ2n) is 6.69. The number of thioether (sulfide) groups is 1. The zero-order valence-electron chi connectivity index (χ0n) is 14.3. The van der Waals surface area contributed by atoms with Gasteiger partial charge < -0.3 is 0 Å². The second-order valence-corrected chi connectivity index (χ2v) is 7.88. The van der Waals surface area contributed by atoms with Crippen LogP contribution in [0.3, 0.4) is 0 Å². The molecule has 1 aliphatic carbocycles. The van der Waals surface area contributed by atoms with Crippen LogP contribution in [0, 0.1) is 18.3 Å². The minimum absolute atomic E-state index is 0.123. The van der Waals surface area contributed by atoms with E-state index in [1.165, 1.54) is 16.7 Å². The Morgan fingerprint density at radius 1 is 1.15 bits per heavy atom. The quantitative estimate of drug-likeness (QED) is 0.777. The third-order valence-electron chi connectivity index (χ3n) is 4.65. The molecule has 2 fully saturated rings. The van der Waals surface area contributed by atoms with Gasteiger partial charge in [0.25, 0.3) is 0 Å². The van der Waals surface area contributed by atoms with Crippen LogP contribution >= 0.6 is 11.8 Å². The topological polar surface area (TPSA) is 74.1 Å². The first kappa shape index (κ1) is 16.8. The van der Waals surface area contributed by atoms with Gasteiger partial charge in [0.1, 0.15) is 11.1 Å². The van der Waals surface area contributed by atoms with E-state index in [-0.39, 0.29) is 18.2 Å². The third-order valence-corrected chi connectivity index (χ3v) is 5.84. The van der Waals surface area contributed by atoms with Crippen molar-refractivity contribution in [1.29, 1.82) is 5.26 Å². The van der Waals surface area contributed by atoms with Crippen LogP contribution in [-0.4, -0.2) is 22.0 Å². The molecule has 0 unspecified atom stereocenters. The highest BCUT2D eigenvalue weighted by atomic mass is 32.2. The van der Waals surface area contributed by atoms with Crippen molar-refractivity contribution in [3.8, 4) is 6.07 Å². The highest BCUT2D eigenvalue weighted by molar-refractivity contribution is 8.00. The van der Waals surface area contributed by atoms with Crippen LogP contribution in [0.5, 0.6) is 0 Å². The predicted molar refractivity (Wildman–Crippen MR) is 98.9 cm³/mol. The summed E-state index contributed by atoms with van der Waals surface area (Å²) in [7, 11) is 0. The summed E-state index contributed by atoms with van der Waals surface area (Å²) in [6.07, 6.45) is 2.35. The SMILES string of the molecule is Cc1ccc(N2C(=O)C[C@@H](Sc3nc(C4CC4)ccc3C#N)C2=O)cc1. The largest absolute Gasteiger partial charge is 0.274 e. The summed E-state index contributed by atoms with van der Waals surface area (Å²) < 4.78 is 0. The highest BCUT2D eigenvalue weighted by Crippen LogP contribution is 2.41. The molecule has 1 aliphatic heterocycles. The lowest BCUT2D eigenvalue weighted by atomic mass is 10.2. The average Bonchev–Trinajstić information content (AvgIpc) is 3.44. The van der Waals surface area contributed by atoms with E-state index in [0.29, 0.717) is 22.2 Å². The van der Waals surface area contributed by atoms with Gasteiger partial charge in [-0.15, -0.1) is 0 Å². The van der Waals surface area contributed by atoms with E-state index >= 15 is 0 Å². The smallest absolute Gasteiger partial charge is 0.247 e. The van der Waals surface area contributed by atoms with Crippen molar-refractivity contribution in [2.45, 2.75) is 42.4 Å². The molecule has 130 valence electrons. The first-order chi connectivity index (χ1) is 12.6. The fourth-order valence-electron chi connectivity index (χ4n) is 3.03. The molecule has 6 heteroatoms. The Labute approximate surface area is 156 Å². The number of carbonyl (C=O) groups excluding carboxylic acids is 2. The minimum atomic E-state index is -0.544. The lowest BCUT2D eigenvalue weighted by Crippen LogP contribution is -2.31. The van der Waals surface area contributed by atoms with E-state index in [0.717, 1.165) is 24.1 Å². The van der Waals surface area contributed by atoms with Crippen LogP contribution in [-0.2, 0) is 9.59 Å². The molecule has 1 saturated heterocycles. The Balaban J connectivity index is 1.59. The van der Waals surface area contributed by atoms with E-state index in [4.69, 9.17) is 0 Å². The summed E-state index contributed by atoms with van der Waals surface area (Å²) in [5.41, 5.74) is 3.08. The van der Waals surface area contributed by atoms with Crippen molar-refractivity contribution in [2.75, 3.05) is 4.90 Å². The molecule has 5 nitrogen and oxygen atoms in total. The van der Waals surface area contributed by atoms with Crippen molar-refractivity contribution in [3.05, 3.63) is 53.2 Å². The lowest BCUT2D eigenvalue weighted by Gasteiger charge is -2.15. The molecule has 1 aromatic heterocycles. The van der Waals surface area contributed by atoms with E-state index in [9.17, 15) is 14.9 Å². The van der Waals surface area contributed by atoms with Gasteiger partial charge in [0, 0.05) is 18.0 Å². The third kappa shape index (κ3) is 3.11. The number of pyridine rings is 1. The van der Waals surface area contributed by atoms with Gasteiger partial charge in [-0.05, 0) is 44.0 Å². The number of amides is 2. The number of hydrogen-bond donors (Lipinski definition) is 0. The Morgan fingerprint density at radius 2 is 1.88 bits per heavy atom. The van der Waals surface area contributed by atoms with Crippen molar-refractivity contribution in [2.24, 2.45) is 0 Å². The van der Waals surface area contributed by atoms with Crippen molar-refractivity contribution in [1.82, 2.24) is 4.98 Å². The zero-order valence-corrected chi connectivity index (χ0v) is 15.1. The number of hydrogen-bond acceptors (Lipinski definition) is 5. The predicted octanol–water partition coefficient (Wildman–Crippen LogP) is 3.56. The molecule has 0 N–H and O–H groups in total. The maximum Gasteiger partial charge on any atom is 0.247 e. The summed E-state index contributed by atoms with van der Waals surface area (Å²) >= 11 is 1.23. The number of anilines is 1. The fourth-order valence-corrected chi connectivity index (χ4v) is 4.13. The molecule has 2 aromatic rings. The molecule has 2 heterocycles. The standard InChI is InChI=1S/C20H17N3O2S/c1-12-2-7-15(8-3-12)23-18(24)10-17(20(23)25)26-19-14(11-21)6-9-16(22-19)13-4-5-13/h2-3,6-9,13,17H,4-5,10H2,1H3/t17-/m1/s1. The fraction of sp³-hybridized carbons (Fsp3) is 0.300. The Morgan fingerprint density at radius 3 is 2.54 bits per heavy atom. The number of rotatable bonds is 4. The molecular weight excluding hydrogens is 346 g/mol. The monoisotopic (exact) mass is 363 g/mol. The molecule has 0 radical (unpaired) electrons. The second kappa shape index (κ2) is 6.58. The van der Waals surface area contributed by atoms with Gasteiger partial charge in [0.2, 0.25) is 11.8 Å². The van der Waals surface area contributed by atoms with Crippen LogP contribution in [0.4, 0.5) is 5.69 Å². The van der Waals surface area contributed by atoms with Gasteiger partial charge in [-0.2, -0.15) is 5.26 Å².